The van der Waals surface area contributed by atoms with Gasteiger partial charge < -0.3 is 15.8 Å². The van der Waals surface area contributed by atoms with Gasteiger partial charge in [0.1, 0.15) is 5.75 Å². The van der Waals surface area contributed by atoms with Crippen LogP contribution in [0.15, 0.2) is 30.3 Å². The number of amides is 1. The van der Waals surface area contributed by atoms with Gasteiger partial charge in [0.25, 0.3) is 5.88 Å². The quantitative estimate of drug-likeness (QED) is 0.888. The lowest BCUT2D eigenvalue weighted by molar-refractivity contribution is 0.100. The maximum absolute atomic E-state index is 13.6. The lowest BCUT2D eigenvalue weighted by Crippen LogP contribution is -2.10. The van der Waals surface area contributed by atoms with Crippen LogP contribution in [0.2, 0.25) is 0 Å². The van der Waals surface area contributed by atoms with E-state index in [4.69, 9.17) is 10.5 Å². The number of rotatable bonds is 5. The molecule has 2 aromatic rings. The smallest absolute Gasteiger partial charge is 0.258 e. The minimum Gasteiger partial charge on any atom is -0.436 e. The van der Waals surface area contributed by atoms with Crippen LogP contribution in [-0.2, 0) is 0 Å². The molecule has 1 aromatic heterocycles. The zero-order valence-electron chi connectivity index (χ0n) is 11.2. The highest BCUT2D eigenvalue weighted by Crippen LogP contribution is 2.26. The summed E-state index contributed by atoms with van der Waals surface area (Å²) in [4.78, 5) is 14.7. The highest BCUT2D eigenvalue weighted by molar-refractivity contribution is 5.92. The van der Waals surface area contributed by atoms with Crippen molar-refractivity contribution in [3.63, 3.8) is 0 Å². The molecule has 0 aliphatic carbocycles. The van der Waals surface area contributed by atoms with E-state index in [1.165, 1.54) is 24.3 Å². The minimum absolute atomic E-state index is 0.0948. The van der Waals surface area contributed by atoms with E-state index in [1.807, 2.05) is 0 Å². The number of nitrogens with two attached hydrogens (primary N) is 1. The standard InChI is InChI=1S/C14H13F2N3O2/c1-2-18-13-10(15)7-11(16)14(19-13)21-9-5-3-8(4-6-9)12(17)20/h3-7H,2H2,1H3,(H2,17,20)(H,18,19). The largest absolute Gasteiger partial charge is 0.436 e. The van der Waals surface area contributed by atoms with Gasteiger partial charge in [-0.1, -0.05) is 0 Å². The number of hydrogen-bond donors (Lipinski definition) is 2. The Morgan fingerprint density at radius 2 is 1.95 bits per heavy atom. The van der Waals surface area contributed by atoms with Crippen molar-refractivity contribution >= 4 is 11.7 Å². The van der Waals surface area contributed by atoms with E-state index in [0.717, 1.165) is 0 Å². The van der Waals surface area contributed by atoms with Gasteiger partial charge in [0.05, 0.1) is 0 Å². The minimum atomic E-state index is -0.923. The second kappa shape index (κ2) is 6.17. The normalized spacial score (nSPS) is 10.2. The lowest BCUT2D eigenvalue weighted by atomic mass is 10.2. The van der Waals surface area contributed by atoms with Gasteiger partial charge in [0.15, 0.2) is 17.5 Å². The average Bonchev–Trinajstić information content (AvgIpc) is 2.45. The molecule has 21 heavy (non-hydrogen) atoms. The second-order valence-corrected chi connectivity index (χ2v) is 4.13. The van der Waals surface area contributed by atoms with Gasteiger partial charge in [-0.05, 0) is 31.2 Å². The zero-order valence-corrected chi connectivity index (χ0v) is 11.2. The van der Waals surface area contributed by atoms with Crippen molar-refractivity contribution in [3.8, 4) is 11.6 Å². The molecule has 0 unspecified atom stereocenters. The van der Waals surface area contributed by atoms with E-state index < -0.39 is 17.5 Å². The number of nitrogens with zero attached hydrogens (tertiary/aromatic N) is 1. The van der Waals surface area contributed by atoms with Gasteiger partial charge in [-0.2, -0.15) is 4.98 Å². The molecular formula is C14H13F2N3O2. The van der Waals surface area contributed by atoms with E-state index in [0.29, 0.717) is 18.2 Å². The Hall–Kier alpha value is -2.70. The van der Waals surface area contributed by atoms with Crippen LogP contribution >= 0.6 is 0 Å². The van der Waals surface area contributed by atoms with Crippen molar-refractivity contribution in [1.82, 2.24) is 4.98 Å². The molecule has 0 bridgehead atoms. The van der Waals surface area contributed by atoms with Crippen LogP contribution < -0.4 is 15.8 Å². The molecule has 1 heterocycles. The molecule has 7 heteroatoms. The Bertz CT molecular complexity index is 660. The summed E-state index contributed by atoms with van der Waals surface area (Å²) < 4.78 is 32.3. The number of anilines is 1. The molecule has 0 aliphatic heterocycles. The van der Waals surface area contributed by atoms with E-state index in [1.54, 1.807) is 6.92 Å². The third-order valence-corrected chi connectivity index (χ3v) is 2.59. The summed E-state index contributed by atoms with van der Waals surface area (Å²) >= 11 is 0. The van der Waals surface area contributed by atoms with E-state index in [-0.39, 0.29) is 17.4 Å². The summed E-state index contributed by atoms with van der Waals surface area (Å²) in [5.74, 6) is -2.51. The Balaban J connectivity index is 2.26. The summed E-state index contributed by atoms with van der Waals surface area (Å²) in [6, 6.07) is 6.45. The number of benzene rings is 1. The number of hydrogen-bond acceptors (Lipinski definition) is 4. The summed E-state index contributed by atoms with van der Waals surface area (Å²) in [6.45, 7) is 2.19. The molecule has 1 aromatic carbocycles. The average molecular weight is 293 g/mol. The van der Waals surface area contributed by atoms with Crippen molar-refractivity contribution in [3.05, 3.63) is 47.5 Å². The highest BCUT2D eigenvalue weighted by atomic mass is 19.1. The Morgan fingerprint density at radius 3 is 2.52 bits per heavy atom. The number of primary amides is 1. The second-order valence-electron chi connectivity index (χ2n) is 4.13. The van der Waals surface area contributed by atoms with E-state index in [2.05, 4.69) is 10.3 Å². The summed E-state index contributed by atoms with van der Waals surface area (Å²) in [7, 11) is 0. The third-order valence-electron chi connectivity index (χ3n) is 2.59. The van der Waals surface area contributed by atoms with Gasteiger partial charge in [0, 0.05) is 18.2 Å². The first-order valence-corrected chi connectivity index (χ1v) is 6.19. The van der Waals surface area contributed by atoms with Gasteiger partial charge in [-0.3, -0.25) is 4.79 Å². The molecular weight excluding hydrogens is 280 g/mol. The number of carbonyl (C=O) groups is 1. The van der Waals surface area contributed by atoms with Crippen LogP contribution in [-0.4, -0.2) is 17.4 Å². The first-order valence-electron chi connectivity index (χ1n) is 6.19. The van der Waals surface area contributed by atoms with E-state index >= 15 is 0 Å². The molecule has 0 spiro atoms. The molecule has 0 radical (unpaired) electrons. The van der Waals surface area contributed by atoms with Crippen LogP contribution in [0.4, 0.5) is 14.6 Å². The Morgan fingerprint density at radius 1 is 1.29 bits per heavy atom. The van der Waals surface area contributed by atoms with Crippen molar-refractivity contribution in [2.75, 3.05) is 11.9 Å². The fourth-order valence-electron chi connectivity index (χ4n) is 1.61. The molecule has 110 valence electrons. The fraction of sp³-hybridized carbons (Fsp3) is 0.143. The van der Waals surface area contributed by atoms with Gasteiger partial charge in [-0.25, -0.2) is 8.78 Å². The van der Waals surface area contributed by atoms with Gasteiger partial charge >= 0.3 is 0 Å². The first-order chi connectivity index (χ1) is 10.0. The molecule has 3 N–H and O–H groups in total. The van der Waals surface area contributed by atoms with Crippen molar-refractivity contribution in [1.29, 1.82) is 0 Å². The Labute approximate surface area is 119 Å². The lowest BCUT2D eigenvalue weighted by Gasteiger charge is -2.09. The number of halogens is 2. The van der Waals surface area contributed by atoms with Crippen molar-refractivity contribution in [2.24, 2.45) is 5.73 Å². The molecule has 0 saturated carbocycles. The van der Waals surface area contributed by atoms with E-state index in [9.17, 15) is 13.6 Å². The molecule has 0 fully saturated rings. The van der Waals surface area contributed by atoms with Crippen LogP contribution in [0.25, 0.3) is 0 Å². The zero-order chi connectivity index (χ0) is 15.4. The monoisotopic (exact) mass is 293 g/mol. The summed E-state index contributed by atoms with van der Waals surface area (Å²) in [6.07, 6.45) is 0. The summed E-state index contributed by atoms with van der Waals surface area (Å²) in [5, 5.41) is 2.66. The van der Waals surface area contributed by atoms with Crippen LogP contribution in [0.1, 0.15) is 17.3 Å². The van der Waals surface area contributed by atoms with Gasteiger partial charge in [0.2, 0.25) is 5.91 Å². The molecule has 0 saturated heterocycles. The van der Waals surface area contributed by atoms with Crippen molar-refractivity contribution < 1.29 is 18.3 Å². The first kappa shape index (κ1) is 14.7. The molecule has 2 rings (SSSR count). The van der Waals surface area contributed by atoms with Crippen LogP contribution in [0.5, 0.6) is 11.6 Å². The van der Waals surface area contributed by atoms with Crippen LogP contribution in [0.3, 0.4) is 0 Å². The molecule has 1 amide bonds. The predicted octanol–water partition coefficient (Wildman–Crippen LogP) is 2.68. The fourth-order valence-corrected chi connectivity index (χ4v) is 1.61. The SMILES string of the molecule is CCNc1nc(Oc2ccc(C(N)=O)cc2)c(F)cc1F. The summed E-state index contributed by atoms with van der Waals surface area (Å²) in [5.41, 5.74) is 5.40. The Kier molecular flexibility index (Phi) is 4.32. The number of nitrogens with one attached hydrogen (secondary N) is 1. The molecule has 5 nitrogen and oxygen atoms in total. The predicted molar refractivity (Wildman–Crippen MR) is 73.4 cm³/mol. The number of ether oxygens (including phenoxy) is 1. The number of carbonyl (C=O) groups excluding carboxylic acids is 1. The molecule has 0 atom stereocenters. The topological polar surface area (TPSA) is 77.2 Å². The number of pyridine rings is 1. The van der Waals surface area contributed by atoms with Gasteiger partial charge in [-0.15, -0.1) is 0 Å². The maximum atomic E-state index is 13.6. The number of aromatic nitrogens is 1. The highest BCUT2D eigenvalue weighted by Gasteiger charge is 2.13. The van der Waals surface area contributed by atoms with Crippen molar-refractivity contribution in [2.45, 2.75) is 6.92 Å². The van der Waals surface area contributed by atoms with Crippen LogP contribution in [0, 0.1) is 11.6 Å². The molecule has 0 aliphatic rings. The third kappa shape index (κ3) is 3.44. The maximum Gasteiger partial charge on any atom is 0.258 e.